The highest BCUT2D eigenvalue weighted by Gasteiger charge is 2.41. The largest absolute Gasteiger partial charge is 0.351 e. The van der Waals surface area contributed by atoms with Crippen molar-refractivity contribution in [3.63, 3.8) is 0 Å². The average Bonchev–Trinajstić information content (AvgIpc) is 2.81. The van der Waals surface area contributed by atoms with Crippen molar-refractivity contribution in [2.24, 2.45) is 5.92 Å². The van der Waals surface area contributed by atoms with Crippen LogP contribution in [0.2, 0.25) is 5.02 Å². The van der Waals surface area contributed by atoms with Crippen LogP contribution in [0.1, 0.15) is 50.7 Å². The van der Waals surface area contributed by atoms with Crippen LogP contribution in [0.5, 0.6) is 0 Å². The Labute approximate surface area is 202 Å². The molecule has 1 unspecified atom stereocenters. The first-order valence-electron chi connectivity index (χ1n) is 11.4. The van der Waals surface area contributed by atoms with E-state index in [9.17, 15) is 13.2 Å². The molecule has 2 aromatic rings. The summed E-state index contributed by atoms with van der Waals surface area (Å²) in [5.74, 6) is -0.296. The summed E-state index contributed by atoms with van der Waals surface area (Å²) in [6.07, 6.45) is 5.57. The minimum atomic E-state index is -4.13. The molecule has 0 aromatic heterocycles. The Bertz CT molecular complexity index is 1140. The van der Waals surface area contributed by atoms with Gasteiger partial charge < -0.3 is 5.32 Å². The molecular formula is C26H31ClN2O3S. The number of hydrogen-bond acceptors (Lipinski definition) is 3. The molecule has 1 heterocycles. The molecule has 0 aliphatic carbocycles. The van der Waals surface area contributed by atoms with Crippen LogP contribution in [0.4, 0.5) is 5.69 Å². The monoisotopic (exact) mass is 486 g/mol. The van der Waals surface area contributed by atoms with Gasteiger partial charge in [0, 0.05) is 22.7 Å². The molecule has 1 N–H and O–H groups in total. The number of sulfonamides is 1. The van der Waals surface area contributed by atoms with Crippen LogP contribution in [-0.4, -0.2) is 27.4 Å². The van der Waals surface area contributed by atoms with Gasteiger partial charge in [0.05, 0.1) is 12.2 Å². The van der Waals surface area contributed by atoms with Crippen molar-refractivity contribution in [2.75, 3.05) is 17.4 Å². The molecule has 2 aromatic carbocycles. The Balaban J connectivity index is 2.18. The van der Waals surface area contributed by atoms with Gasteiger partial charge in [0.15, 0.2) is 4.91 Å². The van der Waals surface area contributed by atoms with Gasteiger partial charge in [0.25, 0.3) is 15.9 Å². The Kier molecular flexibility index (Phi) is 8.38. The van der Waals surface area contributed by atoms with Crippen molar-refractivity contribution in [3.8, 4) is 0 Å². The Morgan fingerprint density at radius 1 is 1.18 bits per heavy atom. The molecule has 0 saturated heterocycles. The molecule has 176 valence electrons. The Hall–Kier alpha value is -2.57. The Morgan fingerprint density at radius 2 is 1.91 bits per heavy atom. The number of unbranched alkanes of at least 4 members (excludes halogenated alkanes) is 1. The first-order chi connectivity index (χ1) is 15.8. The van der Waals surface area contributed by atoms with Crippen molar-refractivity contribution in [3.05, 3.63) is 82.2 Å². The van der Waals surface area contributed by atoms with Crippen LogP contribution < -0.4 is 9.62 Å². The molecule has 0 spiro atoms. The zero-order valence-electron chi connectivity index (χ0n) is 19.2. The third-order valence-corrected chi connectivity index (χ3v) is 8.00. The highest BCUT2D eigenvalue weighted by molar-refractivity contribution is 7.97. The van der Waals surface area contributed by atoms with Gasteiger partial charge in [-0.05, 0) is 36.1 Å². The van der Waals surface area contributed by atoms with Gasteiger partial charge in [-0.1, -0.05) is 81.1 Å². The van der Waals surface area contributed by atoms with E-state index in [4.69, 9.17) is 11.6 Å². The van der Waals surface area contributed by atoms with E-state index in [0.29, 0.717) is 39.9 Å². The lowest BCUT2D eigenvalue weighted by molar-refractivity contribution is -0.117. The van der Waals surface area contributed by atoms with Crippen LogP contribution in [0.25, 0.3) is 5.57 Å². The maximum absolute atomic E-state index is 13.8. The number of rotatable bonds is 10. The minimum Gasteiger partial charge on any atom is -0.351 e. The normalized spacial score (nSPS) is 15.7. The molecule has 5 nitrogen and oxygen atoms in total. The number of amides is 1. The molecule has 1 atom stereocenters. The van der Waals surface area contributed by atoms with E-state index >= 15 is 0 Å². The zero-order valence-corrected chi connectivity index (χ0v) is 20.8. The summed E-state index contributed by atoms with van der Waals surface area (Å²) in [5, 5.41) is 3.38. The third kappa shape index (κ3) is 5.33. The summed E-state index contributed by atoms with van der Waals surface area (Å²) in [4.78, 5) is 13.2. The van der Waals surface area contributed by atoms with Gasteiger partial charge in [-0.3, -0.25) is 9.10 Å². The summed E-state index contributed by atoms with van der Waals surface area (Å²) >= 11 is 6.31. The first kappa shape index (κ1) is 25.1. The lowest BCUT2D eigenvalue weighted by atomic mass is 9.95. The molecule has 1 aliphatic rings. The maximum Gasteiger partial charge on any atom is 0.270 e. The lowest BCUT2D eigenvalue weighted by Crippen LogP contribution is -2.42. The topological polar surface area (TPSA) is 66.5 Å². The summed E-state index contributed by atoms with van der Waals surface area (Å²) in [6.45, 7) is 8.40. The second-order valence-electron chi connectivity index (χ2n) is 8.18. The second-order valence-corrected chi connectivity index (χ2v) is 10.4. The number of nitrogens with one attached hydrogen (secondary N) is 1. The fraction of sp³-hybridized carbons (Fsp3) is 0.346. The summed E-state index contributed by atoms with van der Waals surface area (Å²) in [6, 6.07) is 14.2. The molecule has 0 fully saturated rings. The molecule has 0 radical (unpaired) electrons. The van der Waals surface area contributed by atoms with Gasteiger partial charge in [-0.2, -0.15) is 0 Å². The molecular weight excluding hydrogens is 456 g/mol. The smallest absolute Gasteiger partial charge is 0.270 e. The highest BCUT2D eigenvalue weighted by atomic mass is 35.5. The SMILES string of the molecule is C=CCN1c2ccc(Cl)cc2C(c2ccccc2)=C(C(=O)NCC(CC)CCCC)S1(=O)=O. The van der Waals surface area contributed by atoms with Crippen molar-refractivity contribution in [1.29, 1.82) is 0 Å². The van der Waals surface area contributed by atoms with E-state index < -0.39 is 15.9 Å². The van der Waals surface area contributed by atoms with E-state index in [1.54, 1.807) is 18.2 Å². The Morgan fingerprint density at radius 3 is 2.55 bits per heavy atom. The van der Waals surface area contributed by atoms with E-state index in [1.165, 1.54) is 10.4 Å². The van der Waals surface area contributed by atoms with Crippen LogP contribution >= 0.6 is 11.6 Å². The number of nitrogens with zero attached hydrogens (tertiary/aromatic N) is 1. The highest BCUT2D eigenvalue weighted by Crippen LogP contribution is 2.43. The number of hydrogen-bond donors (Lipinski definition) is 1. The van der Waals surface area contributed by atoms with Gasteiger partial charge in [0.2, 0.25) is 0 Å². The van der Waals surface area contributed by atoms with Crippen LogP contribution in [-0.2, 0) is 14.8 Å². The molecule has 1 aliphatic heterocycles. The number of benzene rings is 2. The predicted molar refractivity (Wildman–Crippen MR) is 137 cm³/mol. The van der Waals surface area contributed by atoms with Crippen LogP contribution in [0, 0.1) is 5.92 Å². The van der Waals surface area contributed by atoms with Crippen molar-refractivity contribution < 1.29 is 13.2 Å². The summed E-state index contributed by atoms with van der Waals surface area (Å²) in [5.41, 5.74) is 2.09. The zero-order chi connectivity index (χ0) is 24.0. The summed E-state index contributed by atoms with van der Waals surface area (Å²) in [7, 11) is -4.13. The third-order valence-electron chi connectivity index (χ3n) is 5.93. The van der Waals surface area contributed by atoms with Crippen LogP contribution in [0.3, 0.4) is 0 Å². The van der Waals surface area contributed by atoms with Gasteiger partial charge in [-0.15, -0.1) is 6.58 Å². The van der Waals surface area contributed by atoms with Crippen LogP contribution in [0.15, 0.2) is 66.1 Å². The molecule has 7 heteroatoms. The predicted octanol–water partition coefficient (Wildman–Crippen LogP) is 5.77. The van der Waals surface area contributed by atoms with E-state index in [2.05, 4.69) is 25.7 Å². The molecule has 1 amide bonds. The first-order valence-corrected chi connectivity index (χ1v) is 13.2. The second kappa shape index (κ2) is 11.0. The van der Waals surface area contributed by atoms with Crippen molar-refractivity contribution in [2.45, 2.75) is 39.5 Å². The maximum atomic E-state index is 13.8. The van der Waals surface area contributed by atoms with E-state index in [1.807, 2.05) is 30.3 Å². The number of carbonyl (C=O) groups is 1. The van der Waals surface area contributed by atoms with Gasteiger partial charge >= 0.3 is 0 Å². The lowest BCUT2D eigenvalue weighted by Gasteiger charge is -2.33. The standard InChI is InChI=1S/C26H31ClN2O3S/c1-4-7-11-19(6-3)18-28-26(30)25-24(20-12-9-8-10-13-20)22-17-21(27)14-15-23(22)29(16-5-2)33(25,31)32/h5,8-10,12-15,17,19H,2,4,6-7,11,16,18H2,1,3H3,(H,28,30). The van der Waals surface area contributed by atoms with E-state index in [-0.39, 0.29) is 11.4 Å². The van der Waals surface area contributed by atoms with Crippen molar-refractivity contribution in [1.82, 2.24) is 5.32 Å². The fourth-order valence-electron chi connectivity index (χ4n) is 4.11. The number of anilines is 1. The molecule has 33 heavy (non-hydrogen) atoms. The van der Waals surface area contributed by atoms with Gasteiger partial charge in [-0.25, -0.2) is 8.42 Å². The number of halogens is 1. The fourth-order valence-corrected chi connectivity index (χ4v) is 6.02. The van der Waals surface area contributed by atoms with Crippen molar-refractivity contribution >= 4 is 38.8 Å². The number of fused-ring (bicyclic) bond motifs is 1. The molecule has 3 rings (SSSR count). The summed E-state index contributed by atoms with van der Waals surface area (Å²) < 4.78 is 28.8. The van der Waals surface area contributed by atoms with Gasteiger partial charge in [0.1, 0.15) is 0 Å². The number of carbonyl (C=O) groups excluding carboxylic acids is 1. The minimum absolute atomic E-state index is 0.0455. The molecule has 0 bridgehead atoms. The quantitative estimate of drug-likeness (QED) is 0.433. The van der Waals surface area contributed by atoms with E-state index in [0.717, 1.165) is 25.7 Å². The average molecular weight is 487 g/mol. The molecule has 0 saturated carbocycles.